The highest BCUT2D eigenvalue weighted by Gasteiger charge is 2.22. The molecule has 2 aromatic carbocycles. The number of piperidine rings is 1. The van der Waals surface area contributed by atoms with Gasteiger partial charge in [-0.2, -0.15) is 0 Å². The Labute approximate surface area is 136 Å². The third kappa shape index (κ3) is 3.54. The molecule has 1 fully saturated rings. The van der Waals surface area contributed by atoms with Crippen molar-refractivity contribution in [3.8, 4) is 16.9 Å². The third-order valence-corrected chi connectivity index (χ3v) is 4.52. The quantitative estimate of drug-likeness (QED) is 0.907. The van der Waals surface area contributed by atoms with Crippen LogP contribution in [0.2, 0.25) is 0 Å². The predicted molar refractivity (Wildman–Crippen MR) is 88.9 cm³/mol. The molecule has 122 valence electrons. The van der Waals surface area contributed by atoms with Gasteiger partial charge >= 0.3 is 0 Å². The van der Waals surface area contributed by atoms with E-state index >= 15 is 0 Å². The molecule has 2 N–H and O–H groups in total. The van der Waals surface area contributed by atoms with Gasteiger partial charge in [0.05, 0.1) is 13.2 Å². The van der Waals surface area contributed by atoms with Crippen molar-refractivity contribution in [3.05, 3.63) is 53.8 Å². The summed E-state index contributed by atoms with van der Waals surface area (Å²) in [6.07, 6.45) is 1.71. The molecule has 2 aromatic rings. The van der Waals surface area contributed by atoms with Gasteiger partial charge in [0, 0.05) is 12.5 Å². The number of hydrogen-bond acceptors (Lipinski definition) is 3. The number of aliphatic hydroxyl groups excluding tert-OH is 1. The molecule has 0 aromatic heterocycles. The van der Waals surface area contributed by atoms with E-state index in [4.69, 9.17) is 4.74 Å². The summed E-state index contributed by atoms with van der Waals surface area (Å²) in [7, 11) is 1.46. The summed E-state index contributed by atoms with van der Waals surface area (Å²) in [5.74, 6) is 0.133. The Morgan fingerprint density at radius 2 is 1.91 bits per heavy atom. The zero-order chi connectivity index (χ0) is 16.2. The molecule has 23 heavy (non-hydrogen) atoms. The molecule has 1 aliphatic rings. The standard InChI is InChI=1S/C19H22FNO2/c1-23-18-11-15(8-9-17(18)20)13-4-6-14(7-5-13)19(22)16-3-2-10-21-12-16/h4-9,11,16,19,21-22H,2-3,10,12H2,1H3. The van der Waals surface area contributed by atoms with Crippen LogP contribution in [-0.2, 0) is 0 Å². The van der Waals surface area contributed by atoms with Crippen molar-refractivity contribution in [1.82, 2.24) is 5.32 Å². The largest absolute Gasteiger partial charge is 0.494 e. The summed E-state index contributed by atoms with van der Waals surface area (Å²) in [4.78, 5) is 0. The van der Waals surface area contributed by atoms with Crippen molar-refractivity contribution in [2.45, 2.75) is 18.9 Å². The molecule has 3 rings (SSSR count). The number of hydrogen-bond donors (Lipinski definition) is 2. The molecule has 0 aliphatic carbocycles. The van der Waals surface area contributed by atoms with Crippen LogP contribution in [0, 0.1) is 11.7 Å². The molecule has 0 bridgehead atoms. The number of rotatable bonds is 4. The molecule has 2 atom stereocenters. The average molecular weight is 315 g/mol. The van der Waals surface area contributed by atoms with Gasteiger partial charge in [0.15, 0.2) is 11.6 Å². The summed E-state index contributed by atoms with van der Waals surface area (Å²) < 4.78 is 18.5. The molecule has 1 heterocycles. The van der Waals surface area contributed by atoms with Crippen molar-refractivity contribution in [3.63, 3.8) is 0 Å². The minimum absolute atomic E-state index is 0.236. The van der Waals surface area contributed by atoms with Gasteiger partial charge in [-0.3, -0.25) is 0 Å². The number of nitrogens with one attached hydrogen (secondary N) is 1. The van der Waals surface area contributed by atoms with Crippen molar-refractivity contribution in [1.29, 1.82) is 0 Å². The van der Waals surface area contributed by atoms with E-state index in [2.05, 4.69) is 5.32 Å². The zero-order valence-corrected chi connectivity index (χ0v) is 13.3. The van der Waals surface area contributed by atoms with Crippen LogP contribution >= 0.6 is 0 Å². The highest BCUT2D eigenvalue weighted by atomic mass is 19.1. The lowest BCUT2D eigenvalue weighted by molar-refractivity contribution is 0.0922. The molecule has 3 nitrogen and oxygen atoms in total. The summed E-state index contributed by atoms with van der Waals surface area (Å²) in [5.41, 5.74) is 2.79. The lowest BCUT2D eigenvalue weighted by Crippen LogP contribution is -2.33. The first kappa shape index (κ1) is 16.0. The summed E-state index contributed by atoms with van der Waals surface area (Å²) >= 11 is 0. The van der Waals surface area contributed by atoms with Crippen molar-refractivity contribution >= 4 is 0 Å². The predicted octanol–water partition coefficient (Wildman–Crippen LogP) is 3.53. The van der Waals surface area contributed by atoms with Crippen LogP contribution in [0.3, 0.4) is 0 Å². The van der Waals surface area contributed by atoms with E-state index in [9.17, 15) is 9.50 Å². The maximum Gasteiger partial charge on any atom is 0.165 e. The van der Waals surface area contributed by atoms with Crippen LogP contribution in [0.1, 0.15) is 24.5 Å². The topological polar surface area (TPSA) is 41.5 Å². The second-order valence-electron chi connectivity index (χ2n) is 6.02. The second-order valence-corrected chi connectivity index (χ2v) is 6.02. The van der Waals surface area contributed by atoms with Crippen LogP contribution < -0.4 is 10.1 Å². The molecule has 2 unspecified atom stereocenters. The minimum atomic E-state index is -0.445. The molecule has 1 saturated heterocycles. The number of methoxy groups -OCH3 is 1. The molecule has 0 spiro atoms. The van der Waals surface area contributed by atoms with E-state index in [0.29, 0.717) is 0 Å². The SMILES string of the molecule is COc1cc(-c2ccc(C(O)C3CCCNC3)cc2)ccc1F. The van der Waals surface area contributed by atoms with Crippen LogP contribution in [0.25, 0.3) is 11.1 Å². The maximum absolute atomic E-state index is 13.5. The number of ether oxygens (including phenoxy) is 1. The summed E-state index contributed by atoms with van der Waals surface area (Å²) in [6.45, 7) is 1.90. The first-order valence-corrected chi connectivity index (χ1v) is 8.01. The van der Waals surface area contributed by atoms with Gasteiger partial charge in [-0.15, -0.1) is 0 Å². The normalized spacial score (nSPS) is 19.3. The smallest absolute Gasteiger partial charge is 0.165 e. The van der Waals surface area contributed by atoms with E-state index in [1.54, 1.807) is 12.1 Å². The fraction of sp³-hybridized carbons (Fsp3) is 0.368. The van der Waals surface area contributed by atoms with E-state index in [0.717, 1.165) is 42.6 Å². The second kappa shape index (κ2) is 7.11. The van der Waals surface area contributed by atoms with Gasteiger partial charge in [0.2, 0.25) is 0 Å². The van der Waals surface area contributed by atoms with Gasteiger partial charge in [0.25, 0.3) is 0 Å². The third-order valence-electron chi connectivity index (χ3n) is 4.52. The van der Waals surface area contributed by atoms with Crippen LogP contribution in [-0.4, -0.2) is 25.3 Å². The van der Waals surface area contributed by atoms with E-state index in [-0.39, 0.29) is 17.5 Å². The van der Waals surface area contributed by atoms with E-state index in [1.165, 1.54) is 13.2 Å². The molecule has 0 amide bonds. The van der Waals surface area contributed by atoms with Gasteiger partial charge in [-0.25, -0.2) is 4.39 Å². The Bertz CT molecular complexity index is 651. The Hall–Kier alpha value is -1.91. The van der Waals surface area contributed by atoms with Gasteiger partial charge in [0.1, 0.15) is 0 Å². The van der Waals surface area contributed by atoms with Crippen molar-refractivity contribution < 1.29 is 14.2 Å². The average Bonchev–Trinajstić information content (AvgIpc) is 2.62. The van der Waals surface area contributed by atoms with Crippen LogP contribution in [0.4, 0.5) is 4.39 Å². The van der Waals surface area contributed by atoms with Crippen LogP contribution in [0.15, 0.2) is 42.5 Å². The maximum atomic E-state index is 13.5. The fourth-order valence-electron chi connectivity index (χ4n) is 3.13. The molecular formula is C19H22FNO2. The number of benzene rings is 2. The highest BCUT2D eigenvalue weighted by Crippen LogP contribution is 2.30. The first-order chi connectivity index (χ1) is 11.2. The lowest BCUT2D eigenvalue weighted by Gasteiger charge is -2.27. The molecule has 1 aliphatic heterocycles. The Morgan fingerprint density at radius 3 is 2.57 bits per heavy atom. The Kier molecular flexibility index (Phi) is 4.94. The summed E-state index contributed by atoms with van der Waals surface area (Å²) in [6, 6.07) is 12.6. The van der Waals surface area contributed by atoms with Gasteiger partial charge in [-0.05, 0) is 48.2 Å². The summed E-state index contributed by atoms with van der Waals surface area (Å²) in [5, 5.41) is 13.8. The minimum Gasteiger partial charge on any atom is -0.494 e. The Morgan fingerprint density at radius 1 is 1.17 bits per heavy atom. The number of aliphatic hydroxyl groups is 1. The van der Waals surface area contributed by atoms with Gasteiger partial charge < -0.3 is 15.2 Å². The first-order valence-electron chi connectivity index (χ1n) is 8.01. The van der Waals surface area contributed by atoms with Gasteiger partial charge in [-0.1, -0.05) is 30.3 Å². The molecule has 4 heteroatoms. The van der Waals surface area contributed by atoms with Crippen molar-refractivity contribution in [2.24, 2.45) is 5.92 Å². The van der Waals surface area contributed by atoms with Crippen LogP contribution in [0.5, 0.6) is 5.75 Å². The highest BCUT2D eigenvalue weighted by molar-refractivity contribution is 5.65. The molecular weight excluding hydrogens is 293 g/mol. The molecule has 0 saturated carbocycles. The fourth-order valence-corrected chi connectivity index (χ4v) is 3.13. The van der Waals surface area contributed by atoms with E-state index in [1.807, 2.05) is 24.3 Å². The molecule has 0 radical (unpaired) electrons. The number of halogens is 1. The Balaban J connectivity index is 1.78. The lowest BCUT2D eigenvalue weighted by atomic mass is 9.89. The van der Waals surface area contributed by atoms with Crippen molar-refractivity contribution in [2.75, 3.05) is 20.2 Å². The zero-order valence-electron chi connectivity index (χ0n) is 13.3. The van der Waals surface area contributed by atoms with E-state index < -0.39 is 6.10 Å². The monoisotopic (exact) mass is 315 g/mol.